The molecule has 0 spiro atoms. The van der Waals surface area contributed by atoms with Gasteiger partial charge < -0.3 is 9.88 Å². The van der Waals surface area contributed by atoms with E-state index < -0.39 is 0 Å². The average Bonchev–Trinajstić information content (AvgIpc) is 2.89. The molecule has 0 saturated heterocycles. The molecule has 1 aromatic heterocycles. The lowest BCUT2D eigenvalue weighted by molar-refractivity contribution is 0.476. The molecule has 4 heteroatoms. The van der Waals surface area contributed by atoms with Gasteiger partial charge in [-0.15, -0.1) is 0 Å². The predicted octanol–water partition coefficient (Wildman–Crippen LogP) is 1.93. The van der Waals surface area contributed by atoms with Crippen LogP contribution in [0.2, 0.25) is 0 Å². The lowest BCUT2D eigenvalue weighted by atomic mass is 10.1. The number of hydrogen-bond acceptors (Lipinski definition) is 3. The summed E-state index contributed by atoms with van der Waals surface area (Å²) in [5.41, 5.74) is 1.84. The zero-order chi connectivity index (χ0) is 12.8. The molecule has 0 aliphatic carbocycles. The molecule has 1 N–H and O–H groups in total. The number of rotatable bonds is 5. The van der Waals surface area contributed by atoms with Gasteiger partial charge in [0.05, 0.1) is 18.0 Å². The third kappa shape index (κ3) is 3.44. The van der Waals surface area contributed by atoms with E-state index >= 15 is 0 Å². The first-order valence-corrected chi connectivity index (χ1v) is 5.96. The van der Waals surface area contributed by atoms with Crippen LogP contribution in [-0.4, -0.2) is 15.6 Å². The summed E-state index contributed by atoms with van der Waals surface area (Å²) in [6.45, 7) is 3.79. The first-order chi connectivity index (χ1) is 8.78. The van der Waals surface area contributed by atoms with Crippen molar-refractivity contribution in [2.45, 2.75) is 26.1 Å². The van der Waals surface area contributed by atoms with Crippen LogP contribution in [-0.2, 0) is 13.1 Å². The van der Waals surface area contributed by atoms with Crippen LogP contribution in [0.15, 0.2) is 43.0 Å². The maximum Gasteiger partial charge on any atom is 0.0991 e. The Morgan fingerprint density at radius 3 is 3.11 bits per heavy atom. The molecule has 0 aliphatic rings. The maximum absolute atomic E-state index is 8.83. The van der Waals surface area contributed by atoms with E-state index in [4.69, 9.17) is 5.26 Å². The van der Waals surface area contributed by atoms with Crippen molar-refractivity contribution in [3.05, 3.63) is 54.1 Å². The number of nitrogens with one attached hydrogen (secondary N) is 1. The zero-order valence-electron chi connectivity index (χ0n) is 10.4. The van der Waals surface area contributed by atoms with Gasteiger partial charge in [-0.2, -0.15) is 5.26 Å². The normalized spacial score (nSPS) is 12.0. The molecule has 0 fully saturated rings. The van der Waals surface area contributed by atoms with Gasteiger partial charge in [0.2, 0.25) is 0 Å². The molecule has 4 nitrogen and oxygen atoms in total. The lowest BCUT2D eigenvalue weighted by Gasteiger charge is -2.14. The molecule has 2 rings (SSSR count). The minimum Gasteiger partial charge on any atom is -0.336 e. The van der Waals surface area contributed by atoms with Crippen molar-refractivity contribution in [3.63, 3.8) is 0 Å². The highest BCUT2D eigenvalue weighted by Gasteiger charge is 2.02. The Labute approximate surface area is 107 Å². The Bertz CT molecular complexity index is 525. The molecule has 0 aliphatic heterocycles. The van der Waals surface area contributed by atoms with Gasteiger partial charge in [0.1, 0.15) is 0 Å². The van der Waals surface area contributed by atoms with Crippen LogP contribution in [0.1, 0.15) is 18.1 Å². The molecule has 0 saturated carbocycles. The molecule has 2 aromatic rings. The molecule has 0 amide bonds. The Kier molecular flexibility index (Phi) is 4.11. The smallest absolute Gasteiger partial charge is 0.0991 e. The van der Waals surface area contributed by atoms with E-state index in [1.54, 1.807) is 6.20 Å². The van der Waals surface area contributed by atoms with Crippen LogP contribution in [0.3, 0.4) is 0 Å². The van der Waals surface area contributed by atoms with Gasteiger partial charge in [0, 0.05) is 31.5 Å². The summed E-state index contributed by atoms with van der Waals surface area (Å²) >= 11 is 0. The minimum atomic E-state index is 0.352. The maximum atomic E-state index is 8.83. The number of imidazole rings is 1. The van der Waals surface area contributed by atoms with Gasteiger partial charge in [-0.1, -0.05) is 12.1 Å². The third-order valence-corrected chi connectivity index (χ3v) is 2.75. The standard InChI is InChI=1S/C14H16N4/c1-12(10-18-6-5-16-11-18)17-9-14-4-2-3-13(7-14)8-15/h2-7,11-12,17H,9-10H2,1H3. The van der Waals surface area contributed by atoms with Crippen molar-refractivity contribution in [3.8, 4) is 6.07 Å². The van der Waals surface area contributed by atoms with Crippen LogP contribution < -0.4 is 5.32 Å². The second-order valence-electron chi connectivity index (χ2n) is 4.35. The molecule has 1 unspecified atom stereocenters. The van der Waals surface area contributed by atoms with Crippen molar-refractivity contribution in [2.24, 2.45) is 0 Å². The minimum absolute atomic E-state index is 0.352. The largest absolute Gasteiger partial charge is 0.336 e. The Balaban J connectivity index is 1.85. The van der Waals surface area contributed by atoms with Crippen LogP contribution in [0.5, 0.6) is 0 Å². The molecule has 1 heterocycles. The molecular formula is C14H16N4. The van der Waals surface area contributed by atoms with Gasteiger partial charge in [-0.25, -0.2) is 4.98 Å². The summed E-state index contributed by atoms with van der Waals surface area (Å²) in [4.78, 5) is 4.02. The summed E-state index contributed by atoms with van der Waals surface area (Å²) in [6.07, 6.45) is 5.55. The van der Waals surface area contributed by atoms with E-state index in [0.717, 1.165) is 18.7 Å². The van der Waals surface area contributed by atoms with E-state index in [1.165, 1.54) is 0 Å². The van der Waals surface area contributed by atoms with Crippen molar-refractivity contribution in [1.29, 1.82) is 5.26 Å². The van der Waals surface area contributed by atoms with Crippen LogP contribution in [0.4, 0.5) is 0 Å². The summed E-state index contributed by atoms with van der Waals surface area (Å²) in [5, 5.41) is 12.3. The summed E-state index contributed by atoms with van der Waals surface area (Å²) < 4.78 is 2.05. The number of nitrogens with zero attached hydrogens (tertiary/aromatic N) is 3. The van der Waals surface area contributed by atoms with Gasteiger partial charge in [-0.3, -0.25) is 0 Å². The Morgan fingerprint density at radius 1 is 1.50 bits per heavy atom. The highest BCUT2D eigenvalue weighted by Crippen LogP contribution is 2.04. The summed E-state index contributed by atoms with van der Waals surface area (Å²) in [6, 6.07) is 10.2. The number of nitriles is 1. The van der Waals surface area contributed by atoms with Crippen LogP contribution >= 0.6 is 0 Å². The number of aromatic nitrogens is 2. The number of benzene rings is 1. The van der Waals surface area contributed by atoms with E-state index in [9.17, 15) is 0 Å². The Morgan fingerprint density at radius 2 is 2.39 bits per heavy atom. The third-order valence-electron chi connectivity index (χ3n) is 2.75. The molecule has 1 aromatic carbocycles. The SMILES string of the molecule is CC(Cn1ccnc1)NCc1cccc(C#N)c1. The first kappa shape index (κ1) is 12.3. The van der Waals surface area contributed by atoms with Gasteiger partial charge in [0.15, 0.2) is 0 Å². The molecule has 1 atom stereocenters. The second kappa shape index (κ2) is 5.99. The van der Waals surface area contributed by atoms with Gasteiger partial charge in [-0.05, 0) is 24.6 Å². The van der Waals surface area contributed by atoms with Gasteiger partial charge >= 0.3 is 0 Å². The average molecular weight is 240 g/mol. The zero-order valence-corrected chi connectivity index (χ0v) is 10.4. The van der Waals surface area contributed by atoms with Crippen molar-refractivity contribution >= 4 is 0 Å². The molecule has 18 heavy (non-hydrogen) atoms. The highest BCUT2D eigenvalue weighted by molar-refractivity contribution is 5.32. The van der Waals surface area contributed by atoms with E-state index in [-0.39, 0.29) is 0 Å². The van der Waals surface area contributed by atoms with Crippen molar-refractivity contribution < 1.29 is 0 Å². The highest BCUT2D eigenvalue weighted by atomic mass is 15.1. The molecular weight excluding hydrogens is 224 g/mol. The predicted molar refractivity (Wildman–Crippen MR) is 69.7 cm³/mol. The van der Waals surface area contributed by atoms with E-state index in [0.29, 0.717) is 11.6 Å². The van der Waals surface area contributed by atoms with E-state index in [2.05, 4.69) is 23.3 Å². The van der Waals surface area contributed by atoms with Crippen LogP contribution in [0, 0.1) is 11.3 Å². The van der Waals surface area contributed by atoms with E-state index in [1.807, 2.05) is 41.4 Å². The van der Waals surface area contributed by atoms with Crippen LogP contribution in [0.25, 0.3) is 0 Å². The number of hydrogen-bond donors (Lipinski definition) is 1. The summed E-state index contributed by atoms with van der Waals surface area (Å²) in [5.74, 6) is 0. The molecule has 92 valence electrons. The fraction of sp³-hybridized carbons (Fsp3) is 0.286. The monoisotopic (exact) mass is 240 g/mol. The lowest BCUT2D eigenvalue weighted by Crippen LogP contribution is -2.29. The van der Waals surface area contributed by atoms with Crippen molar-refractivity contribution in [2.75, 3.05) is 0 Å². The topological polar surface area (TPSA) is 53.6 Å². The quantitative estimate of drug-likeness (QED) is 0.868. The fourth-order valence-corrected chi connectivity index (χ4v) is 1.82. The second-order valence-corrected chi connectivity index (χ2v) is 4.35. The summed E-state index contributed by atoms with van der Waals surface area (Å²) in [7, 11) is 0. The fourth-order valence-electron chi connectivity index (χ4n) is 1.82. The molecule has 0 radical (unpaired) electrons. The van der Waals surface area contributed by atoms with Crippen molar-refractivity contribution in [1.82, 2.24) is 14.9 Å². The Hall–Kier alpha value is -2.12. The van der Waals surface area contributed by atoms with Gasteiger partial charge in [0.25, 0.3) is 0 Å². The first-order valence-electron chi connectivity index (χ1n) is 5.96. The molecule has 0 bridgehead atoms.